The normalized spacial score (nSPS) is 12.7. The van der Waals surface area contributed by atoms with Crippen molar-refractivity contribution in [3.05, 3.63) is 70.2 Å². The summed E-state index contributed by atoms with van der Waals surface area (Å²) in [7, 11) is 0. The average Bonchev–Trinajstić information content (AvgIpc) is 2.70. The number of benzene rings is 2. The van der Waals surface area contributed by atoms with Crippen molar-refractivity contribution in [2.75, 3.05) is 0 Å². The first-order valence-corrected chi connectivity index (χ1v) is 10.2. The van der Waals surface area contributed by atoms with E-state index in [1.165, 1.54) is 6.92 Å². The second-order valence-corrected chi connectivity index (χ2v) is 7.86. The summed E-state index contributed by atoms with van der Waals surface area (Å²) < 4.78 is 5.32. The molecule has 2 aromatic rings. The highest BCUT2D eigenvalue weighted by Gasteiger charge is 2.29. The lowest BCUT2D eigenvalue weighted by molar-refractivity contribution is -0.157. The fourth-order valence-electron chi connectivity index (χ4n) is 2.78. The molecule has 2 rings (SSSR count). The van der Waals surface area contributed by atoms with Crippen LogP contribution in [0, 0.1) is 12.8 Å². The Kier molecular flexibility index (Phi) is 8.42. The Bertz CT molecular complexity index is 914. The van der Waals surface area contributed by atoms with Gasteiger partial charge in [-0.15, -0.1) is 0 Å². The number of halogens is 1. The largest absolute Gasteiger partial charge is 0.451 e. The number of carbonyl (C=O) groups is 3. The van der Waals surface area contributed by atoms with Crippen molar-refractivity contribution in [2.45, 2.75) is 46.4 Å². The number of amides is 2. The van der Waals surface area contributed by atoms with Crippen LogP contribution >= 0.6 is 11.6 Å². The van der Waals surface area contributed by atoms with Crippen LogP contribution < -0.4 is 10.6 Å². The van der Waals surface area contributed by atoms with Gasteiger partial charge in [0.05, 0.1) is 0 Å². The van der Waals surface area contributed by atoms with Gasteiger partial charge in [-0.1, -0.05) is 61.3 Å². The minimum absolute atomic E-state index is 0.218. The minimum Gasteiger partial charge on any atom is -0.451 e. The maximum atomic E-state index is 12.6. The smallest absolute Gasteiger partial charge is 0.329 e. The molecule has 6 nitrogen and oxygen atoms in total. The summed E-state index contributed by atoms with van der Waals surface area (Å²) in [4.78, 5) is 37.5. The van der Waals surface area contributed by atoms with Crippen molar-refractivity contribution >= 4 is 29.4 Å². The molecular formula is C23H27ClN2O4. The zero-order valence-electron chi connectivity index (χ0n) is 17.6. The first-order chi connectivity index (χ1) is 14.2. The third-order valence-corrected chi connectivity index (χ3v) is 4.93. The molecule has 0 aromatic heterocycles. The molecule has 0 aliphatic rings. The third kappa shape index (κ3) is 6.59. The second kappa shape index (κ2) is 10.8. The Morgan fingerprint density at radius 1 is 1.03 bits per heavy atom. The average molecular weight is 431 g/mol. The topological polar surface area (TPSA) is 84.5 Å². The fraction of sp³-hybridized carbons (Fsp3) is 0.348. The molecule has 30 heavy (non-hydrogen) atoms. The second-order valence-electron chi connectivity index (χ2n) is 7.45. The molecule has 7 heteroatoms. The van der Waals surface area contributed by atoms with Crippen LogP contribution in [0.2, 0.25) is 5.02 Å². The predicted molar refractivity (Wildman–Crippen MR) is 116 cm³/mol. The highest BCUT2D eigenvalue weighted by atomic mass is 35.5. The molecule has 0 bridgehead atoms. The molecule has 2 amide bonds. The molecule has 0 saturated carbocycles. The van der Waals surface area contributed by atoms with Gasteiger partial charge in [-0.25, -0.2) is 4.79 Å². The first kappa shape index (κ1) is 23.4. The van der Waals surface area contributed by atoms with E-state index in [0.717, 1.165) is 11.1 Å². The molecule has 0 fully saturated rings. The van der Waals surface area contributed by atoms with Gasteiger partial charge in [0, 0.05) is 17.1 Å². The monoisotopic (exact) mass is 430 g/mol. The van der Waals surface area contributed by atoms with Gasteiger partial charge >= 0.3 is 5.97 Å². The van der Waals surface area contributed by atoms with Crippen LogP contribution in [-0.2, 0) is 20.9 Å². The van der Waals surface area contributed by atoms with Crippen LogP contribution in [0.15, 0.2) is 48.5 Å². The Labute approximate surface area is 182 Å². The van der Waals surface area contributed by atoms with Gasteiger partial charge in [-0.3, -0.25) is 9.59 Å². The van der Waals surface area contributed by atoms with Crippen LogP contribution in [0.25, 0.3) is 0 Å². The van der Waals surface area contributed by atoms with Crippen molar-refractivity contribution in [1.29, 1.82) is 0 Å². The van der Waals surface area contributed by atoms with Crippen LogP contribution in [0.4, 0.5) is 0 Å². The molecule has 2 atom stereocenters. The Hall–Kier alpha value is -2.86. The predicted octanol–water partition coefficient (Wildman–Crippen LogP) is 3.65. The van der Waals surface area contributed by atoms with E-state index in [2.05, 4.69) is 10.6 Å². The van der Waals surface area contributed by atoms with Gasteiger partial charge in [-0.05, 0) is 43.5 Å². The summed E-state index contributed by atoms with van der Waals surface area (Å²) in [5.74, 6) is -1.70. The molecule has 0 saturated heterocycles. The van der Waals surface area contributed by atoms with Crippen LogP contribution in [0.3, 0.4) is 0 Å². The SMILES string of the molecule is Cc1cccc(C(=O)N[C@H](C(=O)OC(C)C(=O)NCc2ccccc2Cl)C(C)C)c1. The number of hydrogen-bond donors (Lipinski definition) is 2. The molecule has 160 valence electrons. The lowest BCUT2D eigenvalue weighted by Crippen LogP contribution is -2.47. The Balaban J connectivity index is 1.95. The summed E-state index contributed by atoms with van der Waals surface area (Å²) in [5.41, 5.74) is 2.16. The van der Waals surface area contributed by atoms with E-state index >= 15 is 0 Å². The molecular weight excluding hydrogens is 404 g/mol. The van der Waals surface area contributed by atoms with Crippen LogP contribution in [0.5, 0.6) is 0 Å². The Morgan fingerprint density at radius 3 is 2.37 bits per heavy atom. The standard InChI is InChI=1S/C23H27ClN2O4/c1-14(2)20(26-22(28)17-10-7-8-15(3)12-17)23(29)30-16(4)21(27)25-13-18-9-5-6-11-19(18)24/h5-12,14,16,20H,13H2,1-4H3,(H,25,27)(H,26,28)/t16?,20-/m0/s1. The molecule has 0 aliphatic carbocycles. The van der Waals surface area contributed by atoms with Gasteiger partial charge in [-0.2, -0.15) is 0 Å². The van der Waals surface area contributed by atoms with E-state index in [1.54, 1.807) is 50.2 Å². The van der Waals surface area contributed by atoms with Crippen molar-refractivity contribution < 1.29 is 19.1 Å². The Morgan fingerprint density at radius 2 is 1.73 bits per heavy atom. The lowest BCUT2D eigenvalue weighted by atomic mass is 10.0. The molecule has 1 unspecified atom stereocenters. The van der Waals surface area contributed by atoms with Crippen molar-refractivity contribution in [1.82, 2.24) is 10.6 Å². The number of carbonyl (C=O) groups excluding carboxylic acids is 3. The van der Waals surface area contributed by atoms with E-state index in [0.29, 0.717) is 10.6 Å². The van der Waals surface area contributed by atoms with E-state index in [1.807, 2.05) is 19.1 Å². The van der Waals surface area contributed by atoms with Crippen molar-refractivity contribution in [3.63, 3.8) is 0 Å². The van der Waals surface area contributed by atoms with E-state index in [9.17, 15) is 14.4 Å². The van der Waals surface area contributed by atoms with Crippen molar-refractivity contribution in [3.8, 4) is 0 Å². The van der Waals surface area contributed by atoms with Crippen LogP contribution in [-0.4, -0.2) is 29.9 Å². The lowest BCUT2D eigenvalue weighted by Gasteiger charge is -2.23. The fourth-order valence-corrected chi connectivity index (χ4v) is 2.98. The van der Waals surface area contributed by atoms with E-state index in [-0.39, 0.29) is 18.4 Å². The zero-order valence-corrected chi connectivity index (χ0v) is 18.3. The van der Waals surface area contributed by atoms with Gasteiger partial charge in [0.25, 0.3) is 11.8 Å². The number of aryl methyl sites for hydroxylation is 1. The number of nitrogens with one attached hydrogen (secondary N) is 2. The van der Waals surface area contributed by atoms with Gasteiger partial charge in [0.1, 0.15) is 6.04 Å². The van der Waals surface area contributed by atoms with E-state index < -0.39 is 24.0 Å². The van der Waals surface area contributed by atoms with Gasteiger partial charge in [0.2, 0.25) is 0 Å². The summed E-state index contributed by atoms with van der Waals surface area (Å²) in [6.07, 6.45) is -1.02. The highest BCUT2D eigenvalue weighted by molar-refractivity contribution is 6.31. The maximum Gasteiger partial charge on any atom is 0.329 e. The molecule has 2 N–H and O–H groups in total. The van der Waals surface area contributed by atoms with Crippen molar-refractivity contribution in [2.24, 2.45) is 5.92 Å². The highest BCUT2D eigenvalue weighted by Crippen LogP contribution is 2.14. The molecule has 2 aromatic carbocycles. The summed E-state index contributed by atoms with van der Waals surface area (Å²) in [6, 6.07) is 13.4. The zero-order chi connectivity index (χ0) is 22.3. The molecule has 0 aliphatic heterocycles. The summed E-state index contributed by atoms with van der Waals surface area (Å²) in [6.45, 7) is 7.18. The molecule has 0 spiro atoms. The first-order valence-electron chi connectivity index (χ1n) is 9.78. The maximum absolute atomic E-state index is 12.6. The third-order valence-electron chi connectivity index (χ3n) is 4.56. The van der Waals surface area contributed by atoms with Crippen LogP contribution in [0.1, 0.15) is 42.3 Å². The minimum atomic E-state index is -1.02. The summed E-state index contributed by atoms with van der Waals surface area (Å²) >= 11 is 6.08. The van der Waals surface area contributed by atoms with Gasteiger partial charge < -0.3 is 15.4 Å². The quantitative estimate of drug-likeness (QED) is 0.626. The number of ether oxygens (including phenoxy) is 1. The summed E-state index contributed by atoms with van der Waals surface area (Å²) in [5, 5.41) is 5.95. The number of rotatable bonds is 8. The van der Waals surface area contributed by atoms with Gasteiger partial charge in [0.15, 0.2) is 6.10 Å². The molecule has 0 heterocycles. The number of esters is 1. The van der Waals surface area contributed by atoms with E-state index in [4.69, 9.17) is 16.3 Å². The number of hydrogen-bond acceptors (Lipinski definition) is 4. The molecule has 0 radical (unpaired) electrons.